The van der Waals surface area contributed by atoms with Crippen molar-refractivity contribution in [2.75, 3.05) is 27.2 Å². The maximum Gasteiger partial charge on any atom is 0.229 e. The van der Waals surface area contributed by atoms with E-state index in [1.54, 1.807) is 4.90 Å². The molecule has 1 aromatic carbocycles. The van der Waals surface area contributed by atoms with E-state index >= 15 is 0 Å². The number of carbonyl (C=O) groups is 1. The van der Waals surface area contributed by atoms with Crippen molar-refractivity contribution in [3.63, 3.8) is 0 Å². The molecule has 1 saturated heterocycles. The molecule has 0 radical (unpaired) electrons. The minimum Gasteiger partial charge on any atom is -0.348 e. The highest BCUT2D eigenvalue weighted by atomic mass is 16.2. The van der Waals surface area contributed by atoms with Crippen LogP contribution in [0.25, 0.3) is 0 Å². The number of hydrogen-bond acceptors (Lipinski definition) is 2. The molecule has 1 atom stereocenters. The van der Waals surface area contributed by atoms with Gasteiger partial charge in [-0.25, -0.2) is 0 Å². The SMILES string of the molecule is CC.CC.CN(C)C(=O)C1CC2(CCNCC2)c2ccccc21. The van der Waals surface area contributed by atoms with Crippen molar-refractivity contribution in [3.05, 3.63) is 35.4 Å². The number of nitrogens with one attached hydrogen (secondary N) is 1. The van der Waals surface area contributed by atoms with Crippen LogP contribution in [-0.2, 0) is 10.2 Å². The Morgan fingerprint density at radius 2 is 1.65 bits per heavy atom. The standard InChI is InChI=1S/C16H22N2O.2C2H6/c1-18(2)15(19)13-11-16(7-9-17-10-8-16)14-6-4-3-5-12(13)14;2*1-2/h3-6,13,17H,7-11H2,1-2H3;2*1-2H3. The number of benzene rings is 1. The Hall–Kier alpha value is -1.35. The molecule has 2 aliphatic rings. The van der Waals surface area contributed by atoms with Crippen LogP contribution in [0.5, 0.6) is 0 Å². The van der Waals surface area contributed by atoms with E-state index in [2.05, 4.69) is 29.6 Å². The van der Waals surface area contributed by atoms with Gasteiger partial charge in [0.25, 0.3) is 0 Å². The van der Waals surface area contributed by atoms with Crippen LogP contribution in [0, 0.1) is 0 Å². The Morgan fingerprint density at radius 1 is 1.09 bits per heavy atom. The fraction of sp³-hybridized carbons (Fsp3) is 0.650. The van der Waals surface area contributed by atoms with Gasteiger partial charge in [0.05, 0.1) is 5.92 Å². The summed E-state index contributed by atoms with van der Waals surface area (Å²) in [6.07, 6.45) is 3.30. The van der Waals surface area contributed by atoms with Crippen molar-refractivity contribution >= 4 is 5.91 Å². The van der Waals surface area contributed by atoms with Crippen LogP contribution in [0.15, 0.2) is 24.3 Å². The molecular weight excluding hydrogens is 284 g/mol. The van der Waals surface area contributed by atoms with Crippen LogP contribution in [0.4, 0.5) is 0 Å². The number of rotatable bonds is 1. The number of likely N-dealkylation sites (N-methyl/N-ethyl adjacent to an activating group) is 1. The van der Waals surface area contributed by atoms with Crippen molar-refractivity contribution in [3.8, 4) is 0 Å². The molecule has 1 unspecified atom stereocenters. The second kappa shape index (κ2) is 9.07. The van der Waals surface area contributed by atoms with Gasteiger partial charge in [0.2, 0.25) is 5.91 Å². The smallest absolute Gasteiger partial charge is 0.229 e. The fourth-order valence-corrected chi connectivity index (χ4v) is 3.81. The van der Waals surface area contributed by atoms with Crippen LogP contribution >= 0.6 is 0 Å². The van der Waals surface area contributed by atoms with Gasteiger partial charge in [0.15, 0.2) is 0 Å². The summed E-state index contributed by atoms with van der Waals surface area (Å²) < 4.78 is 0. The van der Waals surface area contributed by atoms with Crippen molar-refractivity contribution < 1.29 is 4.79 Å². The van der Waals surface area contributed by atoms with Gasteiger partial charge in [0.1, 0.15) is 0 Å². The first kappa shape index (κ1) is 19.7. The fourth-order valence-electron chi connectivity index (χ4n) is 3.81. The third kappa shape index (κ3) is 3.95. The Morgan fingerprint density at radius 3 is 2.22 bits per heavy atom. The minimum atomic E-state index is 0.0595. The molecule has 1 aliphatic heterocycles. The lowest BCUT2D eigenvalue weighted by molar-refractivity contribution is -0.130. The predicted molar refractivity (Wildman–Crippen MR) is 99.0 cm³/mol. The Labute approximate surface area is 142 Å². The molecule has 1 heterocycles. The summed E-state index contributed by atoms with van der Waals surface area (Å²) in [6, 6.07) is 8.57. The molecule has 1 spiro atoms. The summed E-state index contributed by atoms with van der Waals surface area (Å²) in [5.74, 6) is 0.312. The zero-order chi connectivity index (χ0) is 17.5. The lowest BCUT2D eigenvalue weighted by Crippen LogP contribution is -2.39. The average Bonchev–Trinajstić information content (AvgIpc) is 2.93. The summed E-state index contributed by atoms with van der Waals surface area (Å²) >= 11 is 0. The molecule has 0 bridgehead atoms. The Bertz CT molecular complexity index is 490. The van der Waals surface area contributed by atoms with Crippen molar-refractivity contribution in [1.82, 2.24) is 10.2 Å². The highest BCUT2D eigenvalue weighted by Gasteiger charge is 2.46. The Kier molecular flexibility index (Phi) is 7.77. The number of hydrogen-bond donors (Lipinski definition) is 1. The van der Waals surface area contributed by atoms with Crippen LogP contribution in [0.3, 0.4) is 0 Å². The number of amides is 1. The lowest BCUT2D eigenvalue weighted by Gasteiger charge is -2.35. The quantitative estimate of drug-likeness (QED) is 0.851. The maximum absolute atomic E-state index is 12.4. The topological polar surface area (TPSA) is 32.3 Å². The van der Waals surface area contributed by atoms with Gasteiger partial charge in [-0.1, -0.05) is 52.0 Å². The van der Waals surface area contributed by atoms with E-state index < -0.39 is 0 Å². The van der Waals surface area contributed by atoms with Crippen molar-refractivity contribution in [2.24, 2.45) is 0 Å². The molecule has 3 rings (SSSR count). The van der Waals surface area contributed by atoms with Crippen LogP contribution in [0.2, 0.25) is 0 Å². The van der Waals surface area contributed by atoms with Crippen molar-refractivity contribution in [2.45, 2.75) is 58.3 Å². The highest BCUT2D eigenvalue weighted by molar-refractivity contribution is 5.85. The minimum absolute atomic E-state index is 0.0595. The van der Waals surface area contributed by atoms with E-state index in [0.29, 0.717) is 0 Å². The molecular formula is C20H34N2O. The maximum atomic E-state index is 12.4. The van der Waals surface area contributed by atoms with Gasteiger partial charge in [-0.2, -0.15) is 0 Å². The first-order valence-corrected chi connectivity index (χ1v) is 9.15. The molecule has 1 N–H and O–H groups in total. The van der Waals surface area contributed by atoms with Gasteiger partial charge in [0, 0.05) is 14.1 Å². The predicted octanol–water partition coefficient (Wildman–Crippen LogP) is 3.94. The molecule has 130 valence electrons. The van der Waals surface area contributed by atoms with Crippen LogP contribution in [-0.4, -0.2) is 38.0 Å². The molecule has 1 aromatic rings. The molecule has 23 heavy (non-hydrogen) atoms. The van der Waals surface area contributed by atoms with Crippen molar-refractivity contribution in [1.29, 1.82) is 0 Å². The van der Waals surface area contributed by atoms with E-state index in [1.807, 2.05) is 41.8 Å². The summed E-state index contributed by atoms with van der Waals surface area (Å²) in [5, 5.41) is 3.44. The van der Waals surface area contributed by atoms with Gasteiger partial charge >= 0.3 is 0 Å². The third-order valence-electron chi connectivity index (χ3n) is 4.80. The number of fused-ring (bicyclic) bond motifs is 2. The second-order valence-corrected chi connectivity index (χ2v) is 6.11. The number of nitrogens with zero attached hydrogens (tertiary/aromatic N) is 1. The molecule has 3 nitrogen and oxygen atoms in total. The molecule has 3 heteroatoms. The highest BCUT2D eigenvalue weighted by Crippen LogP contribution is 2.51. The normalized spacial score (nSPS) is 20.5. The first-order chi connectivity index (χ1) is 11.1. The van der Waals surface area contributed by atoms with Crippen LogP contribution in [0.1, 0.15) is 64.0 Å². The zero-order valence-electron chi connectivity index (χ0n) is 15.8. The first-order valence-electron chi connectivity index (χ1n) is 9.15. The Balaban J connectivity index is 0.000000615. The second-order valence-electron chi connectivity index (χ2n) is 6.11. The molecule has 1 fully saturated rings. The molecule has 1 amide bonds. The van der Waals surface area contributed by atoms with E-state index in [-0.39, 0.29) is 17.2 Å². The van der Waals surface area contributed by atoms with E-state index in [1.165, 1.54) is 11.1 Å². The monoisotopic (exact) mass is 318 g/mol. The van der Waals surface area contributed by atoms with E-state index in [0.717, 1.165) is 32.4 Å². The largest absolute Gasteiger partial charge is 0.348 e. The van der Waals surface area contributed by atoms with Gasteiger partial charge in [-0.15, -0.1) is 0 Å². The summed E-state index contributed by atoms with van der Waals surface area (Å²) in [6.45, 7) is 10.1. The third-order valence-corrected chi connectivity index (χ3v) is 4.80. The number of piperidine rings is 1. The average molecular weight is 319 g/mol. The molecule has 1 aliphatic carbocycles. The summed E-state index contributed by atoms with van der Waals surface area (Å²) in [5.41, 5.74) is 2.93. The summed E-state index contributed by atoms with van der Waals surface area (Å²) in [4.78, 5) is 14.2. The van der Waals surface area contributed by atoms with E-state index in [9.17, 15) is 4.79 Å². The molecule has 0 saturated carbocycles. The summed E-state index contributed by atoms with van der Waals surface area (Å²) in [7, 11) is 3.72. The van der Waals surface area contributed by atoms with Gasteiger partial charge in [-0.3, -0.25) is 4.79 Å². The number of carbonyl (C=O) groups excluding carboxylic acids is 1. The lowest BCUT2D eigenvalue weighted by atomic mass is 9.74. The van der Waals surface area contributed by atoms with E-state index in [4.69, 9.17) is 0 Å². The van der Waals surface area contributed by atoms with Crippen LogP contribution < -0.4 is 5.32 Å². The van der Waals surface area contributed by atoms with Gasteiger partial charge in [-0.05, 0) is 48.9 Å². The van der Waals surface area contributed by atoms with Gasteiger partial charge < -0.3 is 10.2 Å². The zero-order valence-corrected chi connectivity index (χ0v) is 15.8. The molecule has 0 aromatic heterocycles.